The summed E-state index contributed by atoms with van der Waals surface area (Å²) in [5, 5.41) is 17.8. The van der Waals surface area contributed by atoms with Crippen molar-refractivity contribution in [3.05, 3.63) is 53.7 Å². The number of benzene rings is 2. The SMILES string of the molecule is C=C(C(=O)Nc1cccc2c1no[n+]2[O-])c1ccc(OC)c(OC)c1. The van der Waals surface area contributed by atoms with E-state index in [0.29, 0.717) is 22.7 Å². The zero-order chi connectivity index (χ0) is 18.0. The molecule has 0 radical (unpaired) electrons. The van der Waals surface area contributed by atoms with Crippen LogP contribution < -0.4 is 19.7 Å². The zero-order valence-electron chi connectivity index (χ0n) is 13.6. The average Bonchev–Trinajstić information content (AvgIpc) is 3.02. The fraction of sp³-hybridized carbons (Fsp3) is 0.118. The van der Waals surface area contributed by atoms with Gasteiger partial charge in [0, 0.05) is 10.7 Å². The maximum atomic E-state index is 12.5. The van der Waals surface area contributed by atoms with Crippen LogP contribution in [0.5, 0.6) is 11.5 Å². The van der Waals surface area contributed by atoms with Gasteiger partial charge in [0.05, 0.1) is 19.9 Å². The van der Waals surface area contributed by atoms with Crippen LogP contribution in [-0.2, 0) is 4.79 Å². The Morgan fingerprint density at radius 3 is 2.72 bits per heavy atom. The Bertz CT molecular complexity index is 964. The van der Waals surface area contributed by atoms with Gasteiger partial charge in [-0.3, -0.25) is 9.42 Å². The van der Waals surface area contributed by atoms with Gasteiger partial charge >= 0.3 is 0 Å². The van der Waals surface area contributed by atoms with E-state index in [2.05, 4.69) is 21.7 Å². The minimum atomic E-state index is -0.444. The molecule has 8 heteroatoms. The van der Waals surface area contributed by atoms with Gasteiger partial charge in [-0.25, -0.2) is 0 Å². The fourth-order valence-electron chi connectivity index (χ4n) is 2.35. The largest absolute Gasteiger partial charge is 0.493 e. The lowest BCUT2D eigenvalue weighted by molar-refractivity contribution is -0.782. The average molecular weight is 341 g/mol. The van der Waals surface area contributed by atoms with Gasteiger partial charge < -0.3 is 20.0 Å². The summed E-state index contributed by atoms with van der Waals surface area (Å²) in [5.74, 6) is 0.590. The van der Waals surface area contributed by atoms with Crippen LogP contribution in [0.2, 0.25) is 0 Å². The highest BCUT2D eigenvalue weighted by atomic mass is 16.8. The van der Waals surface area contributed by atoms with Crippen LogP contribution in [-0.4, -0.2) is 25.3 Å². The van der Waals surface area contributed by atoms with Crippen molar-refractivity contribution in [2.75, 3.05) is 19.5 Å². The first-order valence-corrected chi connectivity index (χ1v) is 7.26. The first kappa shape index (κ1) is 16.3. The van der Waals surface area contributed by atoms with Crippen molar-refractivity contribution >= 4 is 28.2 Å². The number of hydrogen-bond donors (Lipinski definition) is 1. The number of ether oxygens (including phenoxy) is 2. The number of hydrogen-bond acceptors (Lipinski definition) is 6. The first-order valence-electron chi connectivity index (χ1n) is 7.26. The number of aromatic nitrogens is 2. The predicted octanol–water partition coefficient (Wildman–Crippen LogP) is 2.13. The minimum Gasteiger partial charge on any atom is -0.493 e. The number of carbonyl (C=O) groups is 1. The highest BCUT2D eigenvalue weighted by Gasteiger charge is 2.18. The van der Waals surface area contributed by atoms with Crippen LogP contribution >= 0.6 is 0 Å². The van der Waals surface area contributed by atoms with Gasteiger partial charge in [0.2, 0.25) is 5.52 Å². The standard InChI is InChI=1S/C17H15N3O5/c1-10(11-7-8-14(23-2)15(9-11)24-3)17(21)18-12-5-4-6-13-16(12)19-25-20(13)22/h4-9H,1H2,2-3H3,(H,18,21). The zero-order valence-corrected chi connectivity index (χ0v) is 13.6. The van der Waals surface area contributed by atoms with E-state index >= 15 is 0 Å². The van der Waals surface area contributed by atoms with Gasteiger partial charge in [0.15, 0.2) is 11.5 Å². The number of nitrogens with one attached hydrogen (secondary N) is 1. The quantitative estimate of drug-likeness (QED) is 0.563. The molecule has 0 spiro atoms. The Morgan fingerprint density at radius 1 is 1.24 bits per heavy atom. The second-order valence-corrected chi connectivity index (χ2v) is 5.11. The van der Waals surface area contributed by atoms with Crippen LogP contribution in [0, 0.1) is 5.21 Å². The molecule has 0 aliphatic rings. The highest BCUT2D eigenvalue weighted by molar-refractivity contribution is 6.25. The normalized spacial score (nSPS) is 10.5. The van der Waals surface area contributed by atoms with Crippen molar-refractivity contribution < 1.29 is 23.8 Å². The van der Waals surface area contributed by atoms with Crippen molar-refractivity contribution in [1.29, 1.82) is 0 Å². The third kappa shape index (κ3) is 2.97. The molecular weight excluding hydrogens is 326 g/mol. The third-order valence-electron chi connectivity index (χ3n) is 3.67. The second-order valence-electron chi connectivity index (χ2n) is 5.11. The number of rotatable bonds is 5. The Labute approximate surface area is 142 Å². The van der Waals surface area contributed by atoms with E-state index < -0.39 is 5.91 Å². The molecule has 1 heterocycles. The smallest absolute Gasteiger partial charge is 0.271 e. The molecular formula is C17H15N3O5. The van der Waals surface area contributed by atoms with E-state index in [4.69, 9.17) is 9.47 Å². The second kappa shape index (κ2) is 6.52. The van der Waals surface area contributed by atoms with Gasteiger partial charge in [-0.15, -0.1) is 0 Å². The van der Waals surface area contributed by atoms with E-state index in [0.717, 1.165) is 0 Å². The summed E-state index contributed by atoms with van der Waals surface area (Å²) < 4.78 is 14.9. The van der Waals surface area contributed by atoms with Gasteiger partial charge in [-0.1, -0.05) is 18.7 Å². The van der Waals surface area contributed by atoms with Crippen molar-refractivity contribution in [2.24, 2.45) is 0 Å². The lowest BCUT2D eigenvalue weighted by Crippen LogP contribution is -2.22. The minimum absolute atomic E-state index is 0.217. The Hall–Kier alpha value is -3.55. The number of methoxy groups -OCH3 is 2. The van der Waals surface area contributed by atoms with Gasteiger partial charge in [0.1, 0.15) is 0 Å². The topological polar surface area (TPSA) is 101 Å². The summed E-state index contributed by atoms with van der Waals surface area (Å²) in [6.07, 6.45) is 0. The Balaban J connectivity index is 1.86. The van der Waals surface area contributed by atoms with Crippen LogP contribution in [0.1, 0.15) is 5.56 Å². The molecule has 0 fully saturated rings. The Kier molecular flexibility index (Phi) is 4.25. The monoisotopic (exact) mass is 341 g/mol. The summed E-state index contributed by atoms with van der Waals surface area (Å²) in [4.78, 5) is 12.8. The lowest BCUT2D eigenvalue weighted by atomic mass is 10.1. The van der Waals surface area contributed by atoms with Crippen molar-refractivity contribution in [3.63, 3.8) is 0 Å². The summed E-state index contributed by atoms with van der Waals surface area (Å²) >= 11 is 0. The molecule has 128 valence electrons. The summed E-state index contributed by atoms with van der Waals surface area (Å²) in [7, 11) is 3.04. The molecule has 0 saturated heterocycles. The van der Waals surface area contributed by atoms with Gasteiger partial charge in [-0.05, 0) is 34.7 Å². The molecule has 0 unspecified atom stereocenters. The van der Waals surface area contributed by atoms with E-state index in [1.807, 2.05) is 0 Å². The molecule has 0 atom stereocenters. The molecule has 25 heavy (non-hydrogen) atoms. The molecule has 2 aromatic carbocycles. The molecule has 0 aliphatic heterocycles. The highest BCUT2D eigenvalue weighted by Crippen LogP contribution is 2.30. The maximum absolute atomic E-state index is 12.5. The molecule has 1 amide bonds. The number of fused-ring (bicyclic) bond motifs is 1. The molecule has 0 aliphatic carbocycles. The van der Waals surface area contributed by atoms with Crippen LogP contribution in [0.4, 0.5) is 5.69 Å². The molecule has 1 N–H and O–H groups in total. The number of nitrogens with zero attached hydrogens (tertiary/aromatic N) is 2. The first-order chi connectivity index (χ1) is 12.0. The number of amides is 1. The van der Waals surface area contributed by atoms with E-state index in [1.165, 1.54) is 20.3 Å². The van der Waals surface area contributed by atoms with Crippen molar-refractivity contribution in [2.45, 2.75) is 0 Å². The molecule has 0 bridgehead atoms. The third-order valence-corrected chi connectivity index (χ3v) is 3.67. The summed E-state index contributed by atoms with van der Waals surface area (Å²) in [5.41, 5.74) is 1.61. The number of anilines is 1. The van der Waals surface area contributed by atoms with Gasteiger partial charge in [-0.2, -0.15) is 0 Å². The molecule has 8 nitrogen and oxygen atoms in total. The summed E-state index contributed by atoms with van der Waals surface area (Å²) in [6.45, 7) is 3.82. The molecule has 3 rings (SSSR count). The molecule has 1 aromatic heterocycles. The van der Waals surface area contributed by atoms with Crippen molar-refractivity contribution in [1.82, 2.24) is 5.16 Å². The lowest BCUT2D eigenvalue weighted by Gasteiger charge is -2.11. The fourth-order valence-corrected chi connectivity index (χ4v) is 2.35. The van der Waals surface area contributed by atoms with Crippen LogP contribution in [0.25, 0.3) is 16.6 Å². The van der Waals surface area contributed by atoms with E-state index in [9.17, 15) is 10.0 Å². The number of carbonyl (C=O) groups excluding carboxylic acids is 1. The van der Waals surface area contributed by atoms with Crippen LogP contribution in [0.15, 0.2) is 47.6 Å². The Morgan fingerprint density at radius 2 is 2.00 bits per heavy atom. The van der Waals surface area contributed by atoms with Gasteiger partial charge in [0.25, 0.3) is 11.4 Å². The molecule has 3 aromatic rings. The predicted molar refractivity (Wildman–Crippen MR) is 90.2 cm³/mol. The van der Waals surface area contributed by atoms with Crippen LogP contribution in [0.3, 0.4) is 0 Å². The van der Waals surface area contributed by atoms with E-state index in [1.54, 1.807) is 30.3 Å². The summed E-state index contributed by atoms with van der Waals surface area (Å²) in [6, 6.07) is 9.81. The van der Waals surface area contributed by atoms with Crippen molar-refractivity contribution in [3.8, 4) is 11.5 Å². The maximum Gasteiger partial charge on any atom is 0.271 e. The molecule has 0 saturated carbocycles. The van der Waals surface area contributed by atoms with E-state index in [-0.39, 0.29) is 21.5 Å².